The summed E-state index contributed by atoms with van der Waals surface area (Å²) in [7, 11) is 0. The van der Waals surface area contributed by atoms with Gasteiger partial charge in [0.1, 0.15) is 11.2 Å². The number of fused-ring (bicyclic) bond motifs is 2. The smallest absolute Gasteiger partial charge is 0.276 e. The Balaban J connectivity index is 1.77. The van der Waals surface area contributed by atoms with Gasteiger partial charge in [-0.15, -0.1) is 0 Å². The van der Waals surface area contributed by atoms with E-state index in [1.54, 1.807) is 12.3 Å². The number of hydrogen-bond acceptors (Lipinski definition) is 5. The van der Waals surface area contributed by atoms with Crippen LogP contribution in [0.25, 0.3) is 32.5 Å². The number of benzene rings is 1. The molecule has 0 amide bonds. The third kappa shape index (κ3) is 2.31. The average molecular weight is 364 g/mol. The lowest BCUT2D eigenvalue weighted by molar-refractivity contribution is 0.546. The molecule has 130 valence electrons. The zero-order chi connectivity index (χ0) is 17.7. The molecule has 6 nitrogen and oxygen atoms in total. The van der Waals surface area contributed by atoms with Gasteiger partial charge in [-0.25, -0.2) is 9.97 Å². The highest BCUT2D eigenvalue weighted by Crippen LogP contribution is 2.34. The monoisotopic (exact) mass is 364 g/mol. The van der Waals surface area contributed by atoms with Crippen LogP contribution in [0.15, 0.2) is 46.1 Å². The second kappa shape index (κ2) is 5.88. The molecule has 1 aromatic carbocycles. The van der Waals surface area contributed by atoms with Crippen molar-refractivity contribution < 1.29 is 0 Å². The van der Waals surface area contributed by atoms with Gasteiger partial charge < -0.3 is 4.98 Å². The molecular formula is C19H16N4O2S. The Morgan fingerprint density at radius 3 is 2.81 bits per heavy atom. The third-order valence-electron chi connectivity index (χ3n) is 5.01. The molecule has 0 unspecified atom stereocenters. The molecule has 0 aliphatic heterocycles. The van der Waals surface area contributed by atoms with Crippen LogP contribution in [-0.4, -0.2) is 18.9 Å². The van der Waals surface area contributed by atoms with E-state index in [1.165, 1.54) is 11.5 Å². The standard InChI is InChI=1S/C19H16N4O2S/c24-18-15(21-14-9-4-10-20-17(14)22-18)12-7-3-8-13-16(12)26-23(19(13)25)11-5-1-2-6-11/h3-4,7-11H,1-2,5-6H2,(H,20,22,24). The molecule has 1 aliphatic carbocycles. The maximum atomic E-state index is 12.9. The van der Waals surface area contributed by atoms with Crippen LogP contribution in [-0.2, 0) is 0 Å². The average Bonchev–Trinajstić information content (AvgIpc) is 3.29. The molecule has 5 rings (SSSR count). The van der Waals surface area contributed by atoms with E-state index < -0.39 is 0 Å². The maximum Gasteiger partial charge on any atom is 0.276 e. The second-order valence-corrected chi connectivity index (χ2v) is 7.61. The summed E-state index contributed by atoms with van der Waals surface area (Å²) in [6.45, 7) is 0. The van der Waals surface area contributed by atoms with Crippen LogP contribution in [0.5, 0.6) is 0 Å². The van der Waals surface area contributed by atoms with E-state index >= 15 is 0 Å². The molecule has 0 spiro atoms. The van der Waals surface area contributed by atoms with Gasteiger partial charge in [-0.2, -0.15) is 0 Å². The molecule has 1 N–H and O–H groups in total. The van der Waals surface area contributed by atoms with Crippen molar-refractivity contribution in [2.75, 3.05) is 0 Å². The molecule has 4 aromatic rings. The Kier molecular flexibility index (Phi) is 3.49. The minimum absolute atomic E-state index is 0.0395. The van der Waals surface area contributed by atoms with Gasteiger partial charge in [0, 0.05) is 17.8 Å². The lowest BCUT2D eigenvalue weighted by atomic mass is 10.1. The number of nitrogens with zero attached hydrogens (tertiary/aromatic N) is 3. The van der Waals surface area contributed by atoms with Crippen LogP contribution in [0.3, 0.4) is 0 Å². The van der Waals surface area contributed by atoms with Gasteiger partial charge in [0.15, 0.2) is 5.65 Å². The Morgan fingerprint density at radius 1 is 1.12 bits per heavy atom. The molecular weight excluding hydrogens is 348 g/mol. The summed E-state index contributed by atoms with van der Waals surface area (Å²) in [5, 5.41) is 0.659. The fourth-order valence-electron chi connectivity index (χ4n) is 3.73. The van der Waals surface area contributed by atoms with Gasteiger partial charge in [0.2, 0.25) is 0 Å². The first-order valence-electron chi connectivity index (χ1n) is 8.72. The highest BCUT2D eigenvalue weighted by Gasteiger charge is 2.23. The first-order valence-corrected chi connectivity index (χ1v) is 9.50. The zero-order valence-electron chi connectivity index (χ0n) is 13.9. The molecule has 3 aromatic heterocycles. The molecule has 1 aliphatic rings. The minimum Gasteiger partial charge on any atom is -0.303 e. The Hall–Kier alpha value is -2.80. The van der Waals surface area contributed by atoms with Crippen molar-refractivity contribution in [2.24, 2.45) is 0 Å². The van der Waals surface area contributed by atoms with Gasteiger partial charge in [-0.1, -0.05) is 36.5 Å². The van der Waals surface area contributed by atoms with Gasteiger partial charge >= 0.3 is 0 Å². The minimum atomic E-state index is -0.294. The quantitative estimate of drug-likeness (QED) is 0.590. The fourth-order valence-corrected chi connectivity index (χ4v) is 4.99. The van der Waals surface area contributed by atoms with E-state index in [2.05, 4.69) is 15.0 Å². The summed E-state index contributed by atoms with van der Waals surface area (Å²) in [5.41, 5.74) is 1.87. The van der Waals surface area contributed by atoms with Gasteiger partial charge in [-0.3, -0.25) is 13.5 Å². The number of pyridine rings is 1. The van der Waals surface area contributed by atoms with Crippen molar-refractivity contribution in [1.82, 2.24) is 18.9 Å². The number of hydrogen-bond donors (Lipinski definition) is 1. The van der Waals surface area contributed by atoms with Crippen LogP contribution in [0.4, 0.5) is 0 Å². The fraction of sp³-hybridized carbons (Fsp3) is 0.263. The molecule has 0 radical (unpaired) electrons. The summed E-state index contributed by atoms with van der Waals surface area (Å²) in [6.07, 6.45) is 6.03. The van der Waals surface area contributed by atoms with Crippen molar-refractivity contribution in [1.29, 1.82) is 0 Å². The van der Waals surface area contributed by atoms with Gasteiger partial charge in [0.05, 0.1) is 10.1 Å². The number of nitrogens with one attached hydrogen (secondary N) is 1. The third-order valence-corrected chi connectivity index (χ3v) is 6.30. The van der Waals surface area contributed by atoms with Gasteiger partial charge in [-0.05, 0) is 31.0 Å². The summed E-state index contributed by atoms with van der Waals surface area (Å²) in [6, 6.07) is 9.39. The van der Waals surface area contributed by atoms with Crippen LogP contribution in [0.1, 0.15) is 31.7 Å². The number of aromatic nitrogens is 4. The number of H-pyrrole nitrogens is 1. The van der Waals surface area contributed by atoms with Crippen LogP contribution in [0, 0.1) is 0 Å². The van der Waals surface area contributed by atoms with Gasteiger partial charge in [0.25, 0.3) is 11.1 Å². The Labute approximate surface area is 152 Å². The van der Waals surface area contributed by atoms with Crippen molar-refractivity contribution in [3.8, 4) is 11.3 Å². The summed E-state index contributed by atoms with van der Waals surface area (Å²) < 4.78 is 2.71. The van der Waals surface area contributed by atoms with Crippen molar-refractivity contribution in [3.63, 3.8) is 0 Å². The first kappa shape index (κ1) is 15.5. The van der Waals surface area contributed by atoms with Crippen molar-refractivity contribution in [3.05, 3.63) is 57.2 Å². The van der Waals surface area contributed by atoms with E-state index in [-0.39, 0.29) is 17.2 Å². The normalized spacial score (nSPS) is 15.2. The predicted molar refractivity (Wildman–Crippen MR) is 103 cm³/mol. The van der Waals surface area contributed by atoms with E-state index in [0.29, 0.717) is 27.8 Å². The molecule has 0 bridgehead atoms. The molecule has 1 fully saturated rings. The van der Waals surface area contributed by atoms with Crippen LogP contribution < -0.4 is 11.1 Å². The topological polar surface area (TPSA) is 80.6 Å². The SMILES string of the molecule is O=c1[nH]c2ncccc2nc1-c1cccc2c(=O)n(C3CCCC3)sc12. The maximum absolute atomic E-state index is 12.9. The van der Waals surface area contributed by atoms with E-state index in [4.69, 9.17) is 0 Å². The highest BCUT2D eigenvalue weighted by atomic mass is 32.1. The van der Waals surface area contributed by atoms with E-state index in [0.717, 1.165) is 30.4 Å². The summed E-state index contributed by atoms with van der Waals surface area (Å²) >= 11 is 1.45. The predicted octanol–water partition coefficient (Wildman–Crippen LogP) is 3.48. The van der Waals surface area contributed by atoms with Crippen LogP contribution in [0.2, 0.25) is 0 Å². The Bertz CT molecular complexity index is 1250. The molecule has 0 saturated heterocycles. The van der Waals surface area contributed by atoms with Crippen LogP contribution >= 0.6 is 11.5 Å². The molecule has 26 heavy (non-hydrogen) atoms. The zero-order valence-corrected chi connectivity index (χ0v) is 14.8. The van der Waals surface area contributed by atoms with Crippen molar-refractivity contribution in [2.45, 2.75) is 31.7 Å². The molecule has 1 saturated carbocycles. The Morgan fingerprint density at radius 2 is 1.96 bits per heavy atom. The van der Waals surface area contributed by atoms with Crippen molar-refractivity contribution >= 4 is 32.8 Å². The highest BCUT2D eigenvalue weighted by molar-refractivity contribution is 7.14. The second-order valence-electron chi connectivity index (χ2n) is 6.63. The number of aromatic amines is 1. The lowest BCUT2D eigenvalue weighted by Gasteiger charge is -2.07. The lowest BCUT2D eigenvalue weighted by Crippen LogP contribution is -2.16. The largest absolute Gasteiger partial charge is 0.303 e. The van der Waals surface area contributed by atoms with E-state index in [1.807, 2.05) is 28.2 Å². The summed E-state index contributed by atoms with van der Waals surface area (Å²) in [5.74, 6) is 0. The molecule has 0 atom stereocenters. The molecule has 3 heterocycles. The molecule has 7 heteroatoms. The van der Waals surface area contributed by atoms with E-state index in [9.17, 15) is 9.59 Å². The number of rotatable bonds is 2. The first-order chi connectivity index (χ1) is 12.7. The summed E-state index contributed by atoms with van der Waals surface area (Å²) in [4.78, 5) is 36.9.